The molecule has 0 aliphatic rings. The maximum absolute atomic E-state index is 13.0. The van der Waals surface area contributed by atoms with E-state index >= 15 is 0 Å². The Kier molecular flexibility index (Phi) is 3.78. The van der Waals surface area contributed by atoms with Gasteiger partial charge in [-0.2, -0.15) is 4.99 Å². The van der Waals surface area contributed by atoms with E-state index in [0.29, 0.717) is 11.3 Å². The van der Waals surface area contributed by atoms with E-state index in [9.17, 15) is 9.18 Å². The first kappa shape index (κ1) is 12.4. The number of benzene rings is 1. The molecule has 0 saturated heterocycles. The van der Waals surface area contributed by atoms with Crippen molar-refractivity contribution in [1.82, 2.24) is 0 Å². The van der Waals surface area contributed by atoms with Gasteiger partial charge in [0, 0.05) is 0 Å². The van der Waals surface area contributed by atoms with E-state index in [1.165, 1.54) is 24.3 Å². The lowest BCUT2D eigenvalue weighted by Gasteiger charge is -2.04. The van der Waals surface area contributed by atoms with Crippen molar-refractivity contribution in [2.24, 2.45) is 4.99 Å². The molecule has 0 spiro atoms. The molecule has 0 aliphatic heterocycles. The molecule has 0 N–H and O–H groups in total. The summed E-state index contributed by atoms with van der Waals surface area (Å²) in [6.07, 6.45) is 1.44. The van der Waals surface area contributed by atoms with Crippen LogP contribution in [0.5, 0.6) is 0 Å². The minimum Gasteiger partial charge on any atom is -0.211 e. The number of hydrogen-bond acceptors (Lipinski definition) is 2. The van der Waals surface area contributed by atoms with Crippen molar-refractivity contribution in [2.75, 3.05) is 0 Å². The number of aliphatic imine (C=N–C) groups is 1. The van der Waals surface area contributed by atoms with Crippen LogP contribution in [0.3, 0.4) is 0 Å². The van der Waals surface area contributed by atoms with Gasteiger partial charge in [0.25, 0.3) is 0 Å². The maximum atomic E-state index is 13.0. The van der Waals surface area contributed by atoms with Crippen molar-refractivity contribution in [2.45, 2.75) is 19.6 Å². The van der Waals surface area contributed by atoms with Crippen LogP contribution in [-0.4, -0.2) is 14.2 Å². The highest BCUT2D eigenvalue weighted by Gasteiger charge is 2.08. The summed E-state index contributed by atoms with van der Waals surface area (Å²) in [5.74, 6) is 2.49. The normalized spacial score (nSPS) is 10.0. The second-order valence-corrected chi connectivity index (χ2v) is 9.11. The highest BCUT2D eigenvalue weighted by molar-refractivity contribution is 6.83. The first-order chi connectivity index (χ1) is 7.42. The lowest BCUT2D eigenvalue weighted by atomic mass is 10.2. The summed E-state index contributed by atoms with van der Waals surface area (Å²) in [6, 6.07) is 3.95. The predicted octanol–water partition coefficient (Wildman–Crippen LogP) is 3.02. The van der Waals surface area contributed by atoms with Crippen LogP contribution in [0.25, 0.3) is 0 Å². The second kappa shape index (κ2) is 4.89. The average Bonchev–Trinajstić information content (AvgIpc) is 2.17. The topological polar surface area (TPSA) is 29.4 Å². The van der Waals surface area contributed by atoms with Crippen molar-refractivity contribution in [1.29, 1.82) is 0 Å². The summed E-state index contributed by atoms with van der Waals surface area (Å²) >= 11 is 0. The Morgan fingerprint density at radius 2 is 2.00 bits per heavy atom. The van der Waals surface area contributed by atoms with Crippen molar-refractivity contribution >= 4 is 19.8 Å². The molecule has 82 valence electrons. The summed E-state index contributed by atoms with van der Waals surface area (Å²) in [5.41, 5.74) is 3.90. The molecule has 0 saturated carbocycles. The minimum absolute atomic E-state index is 0.363. The summed E-state index contributed by atoms with van der Waals surface area (Å²) in [5, 5.41) is 0. The van der Waals surface area contributed by atoms with E-state index in [1.54, 1.807) is 0 Å². The number of nitrogens with zero attached hydrogens (tertiary/aromatic N) is 1. The number of halogens is 1. The van der Waals surface area contributed by atoms with E-state index in [-0.39, 0.29) is 5.82 Å². The molecule has 16 heavy (non-hydrogen) atoms. The van der Waals surface area contributed by atoms with Crippen LogP contribution < -0.4 is 0 Å². The third-order valence-corrected chi connectivity index (χ3v) is 2.57. The van der Waals surface area contributed by atoms with Crippen LogP contribution in [0.2, 0.25) is 19.6 Å². The lowest BCUT2D eigenvalue weighted by Crippen LogP contribution is -2.16. The Morgan fingerprint density at radius 3 is 2.56 bits per heavy atom. The van der Waals surface area contributed by atoms with Gasteiger partial charge in [-0.3, -0.25) is 0 Å². The van der Waals surface area contributed by atoms with E-state index in [1.807, 2.05) is 0 Å². The number of carbonyl (C=O) groups excluding carboxylic acids is 1. The van der Waals surface area contributed by atoms with Gasteiger partial charge >= 0.3 is 0 Å². The molecule has 4 heteroatoms. The molecule has 0 fully saturated rings. The van der Waals surface area contributed by atoms with Crippen LogP contribution in [-0.2, 0) is 4.79 Å². The van der Waals surface area contributed by atoms with Gasteiger partial charge in [0.15, 0.2) is 0 Å². The van der Waals surface area contributed by atoms with E-state index in [4.69, 9.17) is 0 Å². The molecule has 0 amide bonds. The Hall–Kier alpha value is -1.69. The Balaban J connectivity index is 3.24. The molecular weight excluding hydrogens is 221 g/mol. The monoisotopic (exact) mass is 233 g/mol. The third-order valence-electron chi connectivity index (χ3n) is 1.70. The zero-order valence-corrected chi connectivity index (χ0v) is 10.5. The number of hydrogen-bond donors (Lipinski definition) is 0. The van der Waals surface area contributed by atoms with Gasteiger partial charge in [0.2, 0.25) is 6.08 Å². The molecule has 1 aromatic carbocycles. The van der Waals surface area contributed by atoms with Gasteiger partial charge in [-0.05, 0) is 18.2 Å². The minimum atomic E-state index is -1.53. The van der Waals surface area contributed by atoms with Crippen molar-refractivity contribution in [3.63, 3.8) is 0 Å². The molecule has 0 radical (unpaired) electrons. The zero-order chi connectivity index (χ0) is 12.2. The molecule has 0 unspecified atom stereocenters. The fraction of sp³-hybridized carbons (Fsp3) is 0.250. The predicted molar refractivity (Wildman–Crippen MR) is 64.4 cm³/mol. The van der Waals surface area contributed by atoms with Crippen LogP contribution in [0.1, 0.15) is 5.56 Å². The Bertz CT molecular complexity index is 502. The first-order valence-corrected chi connectivity index (χ1v) is 8.33. The zero-order valence-electron chi connectivity index (χ0n) is 9.47. The fourth-order valence-electron chi connectivity index (χ4n) is 1.01. The quantitative estimate of drug-likeness (QED) is 0.317. The number of rotatable bonds is 1. The first-order valence-electron chi connectivity index (χ1n) is 4.83. The van der Waals surface area contributed by atoms with Gasteiger partial charge in [-0.15, -0.1) is 5.54 Å². The van der Waals surface area contributed by atoms with Crippen LogP contribution in [0.4, 0.5) is 10.1 Å². The molecule has 1 rings (SSSR count). The summed E-state index contributed by atoms with van der Waals surface area (Å²) in [4.78, 5) is 13.7. The second-order valence-electron chi connectivity index (χ2n) is 4.36. The van der Waals surface area contributed by atoms with Crippen LogP contribution in [0.15, 0.2) is 23.2 Å². The summed E-state index contributed by atoms with van der Waals surface area (Å²) < 4.78 is 13.0. The number of isocyanates is 1. The van der Waals surface area contributed by atoms with Gasteiger partial charge in [-0.25, -0.2) is 9.18 Å². The van der Waals surface area contributed by atoms with Gasteiger partial charge in [0.1, 0.15) is 13.9 Å². The lowest BCUT2D eigenvalue weighted by molar-refractivity contribution is 0.565. The molecule has 0 atom stereocenters. The van der Waals surface area contributed by atoms with Crippen LogP contribution >= 0.6 is 0 Å². The van der Waals surface area contributed by atoms with Gasteiger partial charge < -0.3 is 0 Å². The van der Waals surface area contributed by atoms with Crippen molar-refractivity contribution in [3.05, 3.63) is 29.6 Å². The molecule has 2 nitrogen and oxygen atoms in total. The fourth-order valence-corrected chi connectivity index (χ4v) is 1.52. The van der Waals surface area contributed by atoms with Crippen molar-refractivity contribution < 1.29 is 9.18 Å². The average molecular weight is 233 g/mol. The summed E-state index contributed by atoms with van der Waals surface area (Å²) in [7, 11) is -1.53. The van der Waals surface area contributed by atoms with Gasteiger partial charge in [-0.1, -0.05) is 25.6 Å². The Labute approximate surface area is 95.2 Å². The van der Waals surface area contributed by atoms with E-state index in [0.717, 1.165) is 0 Å². The molecule has 0 aromatic heterocycles. The molecule has 0 aliphatic carbocycles. The standard InChI is InChI=1S/C12H12FNOSi/c1-16(2,3)7-6-10-8-11(13)4-5-12(10)14-9-15/h4-5,8H,1-3H3. The van der Waals surface area contributed by atoms with E-state index in [2.05, 4.69) is 36.1 Å². The molecule has 0 heterocycles. The largest absolute Gasteiger partial charge is 0.240 e. The van der Waals surface area contributed by atoms with Crippen LogP contribution in [0, 0.1) is 17.3 Å². The third kappa shape index (κ3) is 3.82. The van der Waals surface area contributed by atoms with Gasteiger partial charge in [0.05, 0.1) is 11.3 Å². The highest BCUT2D eigenvalue weighted by atomic mass is 28.3. The molecule has 1 aromatic rings. The highest BCUT2D eigenvalue weighted by Crippen LogP contribution is 2.18. The smallest absolute Gasteiger partial charge is 0.211 e. The summed E-state index contributed by atoms with van der Waals surface area (Å²) in [6.45, 7) is 6.26. The van der Waals surface area contributed by atoms with Crippen molar-refractivity contribution in [3.8, 4) is 11.5 Å². The maximum Gasteiger partial charge on any atom is 0.240 e. The molecular formula is C12H12FNOSi. The SMILES string of the molecule is C[Si](C)(C)C#Cc1cc(F)ccc1N=C=O. The van der Waals surface area contributed by atoms with E-state index < -0.39 is 8.07 Å². The molecule has 0 bridgehead atoms. The Morgan fingerprint density at radius 1 is 1.31 bits per heavy atom.